The van der Waals surface area contributed by atoms with Crippen LogP contribution in [0.5, 0.6) is 0 Å². The third-order valence-electron chi connectivity index (χ3n) is 2.75. The van der Waals surface area contributed by atoms with E-state index in [9.17, 15) is 4.79 Å². The maximum absolute atomic E-state index is 11.3. The van der Waals surface area contributed by atoms with Gasteiger partial charge in [-0.25, -0.2) is 0 Å². The van der Waals surface area contributed by atoms with Crippen molar-refractivity contribution in [2.24, 2.45) is 0 Å². The van der Waals surface area contributed by atoms with Crippen LogP contribution >= 0.6 is 11.6 Å². The van der Waals surface area contributed by atoms with Crippen LogP contribution in [0.3, 0.4) is 0 Å². The summed E-state index contributed by atoms with van der Waals surface area (Å²) < 4.78 is 0. The van der Waals surface area contributed by atoms with Crippen LogP contribution < -0.4 is 0 Å². The van der Waals surface area contributed by atoms with Crippen LogP contribution in [0.4, 0.5) is 0 Å². The lowest BCUT2D eigenvalue weighted by atomic mass is 10.1. The zero-order chi connectivity index (χ0) is 11.1. The highest BCUT2D eigenvalue weighted by Gasteiger charge is 2.10. The molecule has 3 heteroatoms. The maximum atomic E-state index is 11.3. The average molecular weight is 230 g/mol. The summed E-state index contributed by atoms with van der Waals surface area (Å²) in [4.78, 5) is 14.5. The molecule has 2 aromatic carbocycles. The predicted octanol–water partition coefficient (Wildman–Crippen LogP) is 3.70. The maximum Gasteiger partial charge on any atom is 0.254 e. The highest BCUT2D eigenvalue weighted by Crippen LogP contribution is 2.27. The van der Waals surface area contributed by atoms with Gasteiger partial charge >= 0.3 is 0 Å². The van der Waals surface area contributed by atoms with Crippen molar-refractivity contribution in [3.63, 3.8) is 0 Å². The Labute approximate surface area is 96.8 Å². The van der Waals surface area contributed by atoms with Crippen LogP contribution in [0, 0.1) is 0 Å². The van der Waals surface area contributed by atoms with Gasteiger partial charge in [0, 0.05) is 16.3 Å². The number of hydrogen-bond donors (Lipinski definition) is 1. The van der Waals surface area contributed by atoms with E-state index in [1.54, 1.807) is 6.07 Å². The van der Waals surface area contributed by atoms with Gasteiger partial charge in [0.05, 0.1) is 11.1 Å². The first-order valence-corrected chi connectivity index (χ1v) is 5.34. The Bertz CT molecular complexity index is 699. The van der Waals surface area contributed by atoms with Gasteiger partial charge in [0.1, 0.15) is 0 Å². The summed E-state index contributed by atoms with van der Waals surface area (Å²) in [6.07, 6.45) is 0. The third-order valence-corrected chi connectivity index (χ3v) is 2.96. The molecule has 2 nitrogen and oxygen atoms in total. The third kappa shape index (κ3) is 1.24. The SMILES string of the molecule is O=C(Cl)c1cccc2c1[nH]c1ccccc12. The van der Waals surface area contributed by atoms with Crippen molar-refractivity contribution in [2.45, 2.75) is 0 Å². The Kier molecular flexibility index (Phi) is 1.98. The average Bonchev–Trinajstić information content (AvgIpc) is 2.67. The molecular weight excluding hydrogens is 222 g/mol. The smallest absolute Gasteiger partial charge is 0.254 e. The Morgan fingerprint density at radius 2 is 1.75 bits per heavy atom. The number of para-hydroxylation sites is 2. The number of carbonyl (C=O) groups excluding carboxylic acids is 1. The summed E-state index contributed by atoms with van der Waals surface area (Å²) in [5, 5.41) is 1.71. The van der Waals surface area contributed by atoms with E-state index in [0.717, 1.165) is 21.8 Å². The van der Waals surface area contributed by atoms with Gasteiger partial charge in [-0.05, 0) is 23.7 Å². The van der Waals surface area contributed by atoms with Crippen molar-refractivity contribution in [3.8, 4) is 0 Å². The monoisotopic (exact) mass is 229 g/mol. The minimum absolute atomic E-state index is 0.433. The van der Waals surface area contributed by atoms with E-state index in [2.05, 4.69) is 4.98 Å². The molecule has 0 spiro atoms. The number of hydrogen-bond acceptors (Lipinski definition) is 1. The largest absolute Gasteiger partial charge is 0.354 e. The topological polar surface area (TPSA) is 32.9 Å². The molecule has 1 N–H and O–H groups in total. The zero-order valence-electron chi connectivity index (χ0n) is 8.33. The molecule has 0 saturated heterocycles. The lowest BCUT2D eigenvalue weighted by Crippen LogP contribution is -1.89. The van der Waals surface area contributed by atoms with Crippen molar-refractivity contribution in [1.82, 2.24) is 4.98 Å². The fourth-order valence-electron chi connectivity index (χ4n) is 2.04. The summed E-state index contributed by atoms with van der Waals surface area (Å²) in [6.45, 7) is 0. The van der Waals surface area contributed by atoms with Crippen LogP contribution in [-0.4, -0.2) is 10.2 Å². The predicted molar refractivity (Wildman–Crippen MR) is 66.0 cm³/mol. The van der Waals surface area contributed by atoms with Crippen LogP contribution in [0.15, 0.2) is 42.5 Å². The molecule has 0 radical (unpaired) electrons. The quantitative estimate of drug-likeness (QED) is 0.634. The Hall–Kier alpha value is -1.80. The molecule has 0 aliphatic carbocycles. The van der Waals surface area contributed by atoms with Gasteiger partial charge in [-0.15, -0.1) is 0 Å². The Morgan fingerprint density at radius 3 is 2.56 bits per heavy atom. The second-order valence-electron chi connectivity index (χ2n) is 3.67. The number of aromatic amines is 1. The van der Waals surface area contributed by atoms with E-state index < -0.39 is 5.24 Å². The summed E-state index contributed by atoms with van der Waals surface area (Å²) >= 11 is 5.55. The van der Waals surface area contributed by atoms with Gasteiger partial charge < -0.3 is 4.98 Å². The Balaban J connectivity index is 2.54. The normalized spacial score (nSPS) is 11.1. The summed E-state index contributed by atoms with van der Waals surface area (Å²) in [7, 11) is 0. The van der Waals surface area contributed by atoms with Crippen molar-refractivity contribution in [2.75, 3.05) is 0 Å². The first-order chi connectivity index (χ1) is 7.77. The molecule has 0 atom stereocenters. The molecular formula is C13H8ClNO. The molecule has 0 aliphatic rings. The van der Waals surface area contributed by atoms with Gasteiger partial charge in [0.25, 0.3) is 5.24 Å². The first-order valence-electron chi connectivity index (χ1n) is 4.96. The molecule has 3 rings (SSSR count). The summed E-state index contributed by atoms with van der Waals surface area (Å²) in [6, 6.07) is 13.5. The molecule has 0 fully saturated rings. The molecule has 0 unspecified atom stereocenters. The van der Waals surface area contributed by atoms with Gasteiger partial charge in [-0.1, -0.05) is 30.3 Å². The van der Waals surface area contributed by atoms with Gasteiger partial charge in [0.2, 0.25) is 0 Å². The van der Waals surface area contributed by atoms with Gasteiger partial charge in [-0.2, -0.15) is 0 Å². The number of carbonyl (C=O) groups is 1. The lowest BCUT2D eigenvalue weighted by molar-refractivity contribution is 0.108. The van der Waals surface area contributed by atoms with Gasteiger partial charge in [0.15, 0.2) is 0 Å². The molecule has 0 saturated carbocycles. The number of aromatic nitrogens is 1. The minimum atomic E-state index is -0.433. The van der Waals surface area contributed by atoms with Crippen LogP contribution in [0.1, 0.15) is 10.4 Å². The molecule has 1 aromatic heterocycles. The van der Waals surface area contributed by atoms with E-state index in [0.29, 0.717) is 5.56 Å². The van der Waals surface area contributed by atoms with E-state index in [4.69, 9.17) is 11.6 Å². The molecule has 3 aromatic rings. The fourth-order valence-corrected chi connectivity index (χ4v) is 2.19. The summed E-state index contributed by atoms with van der Waals surface area (Å²) in [5.41, 5.74) is 2.35. The van der Waals surface area contributed by atoms with Crippen molar-refractivity contribution < 1.29 is 4.79 Å². The molecule has 1 heterocycles. The number of fused-ring (bicyclic) bond motifs is 3. The zero-order valence-corrected chi connectivity index (χ0v) is 9.08. The second-order valence-corrected chi connectivity index (χ2v) is 4.02. The van der Waals surface area contributed by atoms with E-state index in [1.165, 1.54) is 0 Å². The van der Waals surface area contributed by atoms with Crippen molar-refractivity contribution in [1.29, 1.82) is 0 Å². The number of nitrogens with one attached hydrogen (secondary N) is 1. The van der Waals surface area contributed by atoms with Gasteiger partial charge in [-0.3, -0.25) is 4.79 Å². The van der Waals surface area contributed by atoms with Crippen LogP contribution in [0.25, 0.3) is 21.8 Å². The highest BCUT2D eigenvalue weighted by molar-refractivity contribution is 6.68. The standard InChI is InChI=1S/C13H8ClNO/c14-13(16)10-6-3-5-9-8-4-1-2-7-11(8)15-12(9)10/h1-7,15H. The number of benzene rings is 2. The molecule has 0 bridgehead atoms. The molecule has 0 aliphatic heterocycles. The van der Waals surface area contributed by atoms with E-state index in [1.807, 2.05) is 36.4 Å². The molecule has 0 amide bonds. The van der Waals surface area contributed by atoms with Crippen LogP contribution in [-0.2, 0) is 0 Å². The Morgan fingerprint density at radius 1 is 1.00 bits per heavy atom. The summed E-state index contributed by atoms with van der Waals surface area (Å²) in [5.74, 6) is 0. The van der Waals surface area contributed by atoms with Crippen molar-refractivity contribution in [3.05, 3.63) is 48.0 Å². The molecule has 16 heavy (non-hydrogen) atoms. The van der Waals surface area contributed by atoms with Crippen molar-refractivity contribution >= 4 is 38.6 Å². The van der Waals surface area contributed by atoms with E-state index in [-0.39, 0.29) is 0 Å². The minimum Gasteiger partial charge on any atom is -0.354 e. The first kappa shape index (κ1) is 9.43. The highest BCUT2D eigenvalue weighted by atomic mass is 35.5. The van der Waals surface area contributed by atoms with Crippen LogP contribution in [0.2, 0.25) is 0 Å². The fraction of sp³-hybridized carbons (Fsp3) is 0. The lowest BCUT2D eigenvalue weighted by Gasteiger charge is -1.95. The second kappa shape index (κ2) is 3.35. The number of rotatable bonds is 1. The molecule has 78 valence electrons. The van der Waals surface area contributed by atoms with E-state index >= 15 is 0 Å². The number of halogens is 1. The number of H-pyrrole nitrogens is 1.